The molecule has 0 radical (unpaired) electrons. The third kappa shape index (κ3) is 3.28. The maximum absolute atomic E-state index is 9.48. The van der Waals surface area contributed by atoms with Crippen LogP contribution < -0.4 is 0 Å². The lowest BCUT2D eigenvalue weighted by atomic mass is 9.81. The number of hydrogen-bond acceptors (Lipinski definition) is 3. The highest BCUT2D eigenvalue weighted by Gasteiger charge is 2.25. The van der Waals surface area contributed by atoms with E-state index >= 15 is 0 Å². The molecule has 0 fully saturated rings. The zero-order valence-corrected chi connectivity index (χ0v) is 11.1. The Morgan fingerprint density at radius 3 is 2.41 bits per heavy atom. The lowest BCUT2D eigenvalue weighted by Gasteiger charge is -2.28. The van der Waals surface area contributed by atoms with Crippen molar-refractivity contribution in [3.8, 4) is 0 Å². The Balaban J connectivity index is 3.14. The molecule has 3 heteroatoms. The minimum absolute atomic E-state index is 0.0953. The molecule has 0 aliphatic heterocycles. The Hall–Kier alpha value is -0.900. The van der Waals surface area contributed by atoms with Gasteiger partial charge in [-0.25, -0.2) is 0 Å². The fourth-order valence-corrected chi connectivity index (χ4v) is 1.92. The van der Waals surface area contributed by atoms with Crippen molar-refractivity contribution in [1.82, 2.24) is 0 Å². The third-order valence-electron chi connectivity index (χ3n) is 3.03. The second-order valence-electron chi connectivity index (χ2n) is 4.81. The van der Waals surface area contributed by atoms with E-state index in [9.17, 15) is 5.11 Å². The Morgan fingerprint density at radius 1 is 1.24 bits per heavy atom. The van der Waals surface area contributed by atoms with Gasteiger partial charge >= 0.3 is 0 Å². The van der Waals surface area contributed by atoms with Crippen molar-refractivity contribution in [2.75, 3.05) is 27.4 Å². The van der Waals surface area contributed by atoms with Crippen molar-refractivity contribution in [2.24, 2.45) is 0 Å². The zero-order chi connectivity index (χ0) is 12.9. The van der Waals surface area contributed by atoms with Gasteiger partial charge in [0.05, 0.1) is 13.2 Å². The first-order valence-corrected chi connectivity index (χ1v) is 5.78. The van der Waals surface area contributed by atoms with Gasteiger partial charge in [-0.3, -0.25) is 0 Å². The first kappa shape index (κ1) is 14.2. The number of ether oxygens (including phenoxy) is 2. The molecule has 0 saturated carbocycles. The summed E-state index contributed by atoms with van der Waals surface area (Å²) in [6.07, 6.45) is -0.0953. The van der Waals surface area contributed by atoms with E-state index in [1.165, 1.54) is 0 Å². The molecule has 0 aliphatic carbocycles. The maximum Gasteiger partial charge on any atom is 0.106 e. The molecular weight excluding hydrogens is 216 g/mol. The summed E-state index contributed by atoms with van der Waals surface area (Å²) in [5.41, 5.74) is 1.91. The van der Waals surface area contributed by atoms with E-state index in [0.717, 1.165) is 11.1 Å². The molecule has 1 aromatic rings. The fraction of sp³-hybridized carbons (Fsp3) is 0.571. The molecule has 96 valence electrons. The minimum Gasteiger partial charge on any atom is -0.395 e. The van der Waals surface area contributed by atoms with E-state index in [0.29, 0.717) is 6.61 Å². The van der Waals surface area contributed by atoms with Gasteiger partial charge in [-0.1, -0.05) is 38.1 Å². The molecule has 0 spiro atoms. The summed E-state index contributed by atoms with van der Waals surface area (Å²) in [6.45, 7) is 4.65. The first-order valence-electron chi connectivity index (χ1n) is 5.78. The highest BCUT2D eigenvalue weighted by molar-refractivity contribution is 5.35. The molecule has 1 atom stereocenters. The molecule has 1 aromatic carbocycles. The molecule has 1 N–H and O–H groups in total. The Morgan fingerprint density at radius 2 is 1.88 bits per heavy atom. The summed E-state index contributed by atoms with van der Waals surface area (Å²) in [5.74, 6) is 0. The van der Waals surface area contributed by atoms with Crippen LogP contribution in [0.25, 0.3) is 0 Å². The van der Waals surface area contributed by atoms with Crippen LogP contribution in [-0.4, -0.2) is 32.5 Å². The van der Waals surface area contributed by atoms with Crippen LogP contribution in [0.4, 0.5) is 0 Å². The first-order chi connectivity index (χ1) is 8.06. The van der Waals surface area contributed by atoms with Gasteiger partial charge in [-0.2, -0.15) is 0 Å². The highest BCUT2D eigenvalue weighted by atomic mass is 16.5. The predicted octanol–water partition coefficient (Wildman–Crippen LogP) is 2.29. The summed E-state index contributed by atoms with van der Waals surface area (Å²) in [7, 11) is 3.33. The van der Waals surface area contributed by atoms with Crippen LogP contribution in [0.3, 0.4) is 0 Å². The van der Waals surface area contributed by atoms with Crippen LogP contribution in [-0.2, 0) is 14.9 Å². The van der Waals surface area contributed by atoms with E-state index in [2.05, 4.69) is 0 Å². The molecular formula is C14H22O3. The number of methoxy groups -OCH3 is 2. The fourth-order valence-electron chi connectivity index (χ4n) is 1.92. The molecule has 0 saturated heterocycles. The van der Waals surface area contributed by atoms with Crippen LogP contribution >= 0.6 is 0 Å². The van der Waals surface area contributed by atoms with Crippen molar-refractivity contribution in [2.45, 2.75) is 25.4 Å². The topological polar surface area (TPSA) is 38.7 Å². The van der Waals surface area contributed by atoms with E-state index < -0.39 is 0 Å². The molecule has 0 aromatic heterocycles. The van der Waals surface area contributed by atoms with Crippen LogP contribution in [0.2, 0.25) is 0 Å². The van der Waals surface area contributed by atoms with Gasteiger partial charge in [0.2, 0.25) is 0 Å². The quantitative estimate of drug-likeness (QED) is 0.826. The molecule has 3 nitrogen and oxygen atoms in total. The van der Waals surface area contributed by atoms with Gasteiger partial charge in [0.1, 0.15) is 6.10 Å². The molecule has 1 rings (SSSR count). The molecule has 0 heterocycles. The van der Waals surface area contributed by atoms with Crippen molar-refractivity contribution in [3.05, 3.63) is 35.4 Å². The summed E-state index contributed by atoms with van der Waals surface area (Å²) >= 11 is 0. The summed E-state index contributed by atoms with van der Waals surface area (Å²) < 4.78 is 10.6. The summed E-state index contributed by atoms with van der Waals surface area (Å²) in [6, 6.07) is 8.02. The standard InChI is InChI=1S/C14H22O3/c1-14(2,10-15)12-8-6-5-7-11(12)13(17-4)9-16-3/h5-8,13,15H,9-10H2,1-4H3. The zero-order valence-electron chi connectivity index (χ0n) is 11.1. The normalized spacial score (nSPS) is 13.7. The Labute approximate surface area is 103 Å². The number of aliphatic hydroxyl groups excluding tert-OH is 1. The second-order valence-corrected chi connectivity index (χ2v) is 4.81. The van der Waals surface area contributed by atoms with E-state index in [-0.39, 0.29) is 18.1 Å². The molecule has 0 amide bonds. The van der Waals surface area contributed by atoms with Crippen LogP contribution in [0.15, 0.2) is 24.3 Å². The average Bonchev–Trinajstić information content (AvgIpc) is 2.36. The van der Waals surface area contributed by atoms with E-state index in [1.54, 1.807) is 14.2 Å². The van der Waals surface area contributed by atoms with Gasteiger partial charge in [0, 0.05) is 19.6 Å². The lowest BCUT2D eigenvalue weighted by molar-refractivity contribution is 0.0260. The highest BCUT2D eigenvalue weighted by Crippen LogP contribution is 2.31. The van der Waals surface area contributed by atoms with E-state index in [1.807, 2.05) is 38.1 Å². The van der Waals surface area contributed by atoms with Crippen molar-refractivity contribution in [1.29, 1.82) is 0 Å². The van der Waals surface area contributed by atoms with Crippen LogP contribution in [0.5, 0.6) is 0 Å². The van der Waals surface area contributed by atoms with Crippen LogP contribution in [0, 0.1) is 0 Å². The Bertz CT molecular complexity index is 347. The number of aliphatic hydroxyl groups is 1. The SMILES string of the molecule is COCC(OC)c1ccccc1C(C)(C)CO. The summed E-state index contributed by atoms with van der Waals surface area (Å²) in [4.78, 5) is 0. The van der Waals surface area contributed by atoms with Gasteiger partial charge in [-0.05, 0) is 11.1 Å². The molecule has 1 unspecified atom stereocenters. The summed E-state index contributed by atoms with van der Waals surface area (Å²) in [5, 5.41) is 9.48. The largest absolute Gasteiger partial charge is 0.395 e. The number of hydrogen-bond donors (Lipinski definition) is 1. The number of benzene rings is 1. The van der Waals surface area contributed by atoms with Crippen LogP contribution in [0.1, 0.15) is 31.1 Å². The van der Waals surface area contributed by atoms with Gasteiger partial charge in [-0.15, -0.1) is 0 Å². The maximum atomic E-state index is 9.48. The molecule has 0 bridgehead atoms. The lowest BCUT2D eigenvalue weighted by Crippen LogP contribution is -2.25. The second kappa shape index (κ2) is 6.15. The molecule has 17 heavy (non-hydrogen) atoms. The third-order valence-corrected chi connectivity index (χ3v) is 3.03. The monoisotopic (exact) mass is 238 g/mol. The minimum atomic E-state index is -0.277. The van der Waals surface area contributed by atoms with Gasteiger partial charge in [0.15, 0.2) is 0 Å². The number of rotatable bonds is 6. The van der Waals surface area contributed by atoms with E-state index in [4.69, 9.17) is 9.47 Å². The van der Waals surface area contributed by atoms with Crippen molar-refractivity contribution in [3.63, 3.8) is 0 Å². The van der Waals surface area contributed by atoms with Gasteiger partial charge < -0.3 is 14.6 Å². The Kier molecular flexibility index (Phi) is 5.12. The average molecular weight is 238 g/mol. The smallest absolute Gasteiger partial charge is 0.106 e. The van der Waals surface area contributed by atoms with Crippen molar-refractivity contribution >= 4 is 0 Å². The molecule has 0 aliphatic rings. The van der Waals surface area contributed by atoms with Crippen molar-refractivity contribution < 1.29 is 14.6 Å². The van der Waals surface area contributed by atoms with Gasteiger partial charge in [0.25, 0.3) is 0 Å². The predicted molar refractivity (Wildman–Crippen MR) is 68.2 cm³/mol.